The Bertz CT molecular complexity index is 1000. The Morgan fingerprint density at radius 1 is 1.03 bits per heavy atom. The van der Waals surface area contributed by atoms with Gasteiger partial charge >= 0.3 is 0 Å². The number of likely N-dealkylation sites (tertiary alicyclic amines) is 1. The third-order valence-electron chi connectivity index (χ3n) is 6.72. The highest BCUT2D eigenvalue weighted by Gasteiger charge is 2.40. The van der Waals surface area contributed by atoms with Gasteiger partial charge in [-0.1, -0.05) is 12.1 Å². The first-order valence-corrected chi connectivity index (χ1v) is 11.0. The maximum absolute atomic E-state index is 13.1. The molecule has 0 radical (unpaired) electrons. The molecule has 7 heteroatoms. The predicted molar refractivity (Wildman–Crippen MR) is 116 cm³/mol. The van der Waals surface area contributed by atoms with E-state index in [-0.39, 0.29) is 5.82 Å². The molecule has 5 rings (SSSR count). The van der Waals surface area contributed by atoms with Crippen molar-refractivity contribution in [1.82, 2.24) is 24.9 Å². The molecule has 0 bridgehead atoms. The van der Waals surface area contributed by atoms with E-state index >= 15 is 0 Å². The highest BCUT2D eigenvalue weighted by atomic mass is 19.1. The summed E-state index contributed by atoms with van der Waals surface area (Å²) in [6.45, 7) is 5.87. The molecule has 2 fully saturated rings. The Morgan fingerprint density at radius 3 is 2.39 bits per heavy atom. The summed E-state index contributed by atoms with van der Waals surface area (Å²) in [5, 5.41) is 12.9. The van der Waals surface area contributed by atoms with E-state index in [0.29, 0.717) is 18.4 Å². The number of nitrogens with zero attached hydrogens (tertiary/aromatic N) is 5. The number of fused-ring (bicyclic) bond motifs is 1. The standard InChI is InChI=1S/C24H28FN5O/c1-16-11-26-29(2)24(16)22-7-8-23(28-27-22)31-15-18-9-19-13-30(14-20(19)10-18)12-17-3-5-21(25)6-4-17/h3-8,11,18-20H,9-10,12-15H2,1-2H3/t18?,19-,20?/m1/s1. The van der Waals surface area contributed by atoms with Crippen LogP contribution in [0.25, 0.3) is 11.4 Å². The minimum absolute atomic E-state index is 0.170. The van der Waals surface area contributed by atoms with Crippen LogP contribution in [0.3, 0.4) is 0 Å². The Balaban J connectivity index is 1.11. The van der Waals surface area contributed by atoms with Crippen LogP contribution in [0.4, 0.5) is 4.39 Å². The molecule has 1 aliphatic carbocycles. The summed E-state index contributed by atoms with van der Waals surface area (Å²) < 4.78 is 20.9. The van der Waals surface area contributed by atoms with E-state index in [1.165, 1.54) is 18.4 Å². The third kappa shape index (κ3) is 4.32. The number of rotatable bonds is 6. The normalized spacial score (nSPS) is 23.3. The number of halogens is 1. The average molecular weight is 422 g/mol. The maximum atomic E-state index is 13.1. The van der Waals surface area contributed by atoms with Crippen molar-refractivity contribution >= 4 is 0 Å². The average Bonchev–Trinajstić information content (AvgIpc) is 3.41. The number of aryl methyl sites for hydroxylation is 2. The van der Waals surface area contributed by atoms with Crippen molar-refractivity contribution in [3.63, 3.8) is 0 Å². The third-order valence-corrected chi connectivity index (χ3v) is 6.72. The molecule has 162 valence electrons. The molecular weight excluding hydrogens is 393 g/mol. The molecule has 1 aromatic carbocycles. The first-order valence-electron chi connectivity index (χ1n) is 11.0. The monoisotopic (exact) mass is 421 g/mol. The van der Waals surface area contributed by atoms with Gasteiger partial charge in [0.1, 0.15) is 11.5 Å². The van der Waals surface area contributed by atoms with Crippen molar-refractivity contribution in [3.8, 4) is 17.3 Å². The van der Waals surface area contributed by atoms with Crippen molar-refractivity contribution in [2.75, 3.05) is 19.7 Å². The molecule has 3 atom stereocenters. The second-order valence-corrected chi connectivity index (χ2v) is 9.05. The Kier molecular flexibility index (Phi) is 5.44. The second-order valence-electron chi connectivity index (χ2n) is 9.05. The zero-order valence-electron chi connectivity index (χ0n) is 18.0. The van der Waals surface area contributed by atoms with Crippen LogP contribution in [0.5, 0.6) is 5.88 Å². The molecular formula is C24H28FN5O. The molecule has 31 heavy (non-hydrogen) atoms. The lowest BCUT2D eigenvalue weighted by atomic mass is 10.0. The molecule has 1 aliphatic heterocycles. The van der Waals surface area contributed by atoms with Gasteiger partial charge in [-0.2, -0.15) is 5.10 Å². The van der Waals surface area contributed by atoms with Crippen LogP contribution in [0.2, 0.25) is 0 Å². The van der Waals surface area contributed by atoms with Gasteiger partial charge in [-0.05, 0) is 66.8 Å². The number of benzene rings is 1. The lowest BCUT2D eigenvalue weighted by Gasteiger charge is -2.19. The van der Waals surface area contributed by atoms with Crippen LogP contribution in [0, 0.1) is 30.5 Å². The fourth-order valence-corrected chi connectivity index (χ4v) is 5.28. The van der Waals surface area contributed by atoms with Gasteiger partial charge in [0.25, 0.3) is 0 Å². The number of hydrogen-bond acceptors (Lipinski definition) is 5. The first-order chi connectivity index (χ1) is 15.0. The molecule has 1 saturated heterocycles. The molecule has 3 aromatic rings. The largest absolute Gasteiger partial charge is 0.476 e. The fourth-order valence-electron chi connectivity index (χ4n) is 5.28. The molecule has 1 saturated carbocycles. The summed E-state index contributed by atoms with van der Waals surface area (Å²) in [5.41, 5.74) is 4.05. The predicted octanol–water partition coefficient (Wildman–Crippen LogP) is 3.86. The fraction of sp³-hybridized carbons (Fsp3) is 0.458. The smallest absolute Gasteiger partial charge is 0.233 e. The van der Waals surface area contributed by atoms with Gasteiger partial charge in [-0.3, -0.25) is 9.58 Å². The number of hydrogen-bond donors (Lipinski definition) is 0. The van der Waals surface area contributed by atoms with E-state index in [2.05, 4.69) is 20.2 Å². The maximum Gasteiger partial charge on any atom is 0.233 e. The topological polar surface area (TPSA) is 56.1 Å². The first kappa shape index (κ1) is 20.1. The van der Waals surface area contributed by atoms with Crippen molar-refractivity contribution in [2.45, 2.75) is 26.3 Å². The Morgan fingerprint density at radius 2 is 1.77 bits per heavy atom. The summed E-state index contributed by atoms with van der Waals surface area (Å²) in [5.74, 6) is 2.45. The number of ether oxygens (including phenoxy) is 1. The summed E-state index contributed by atoms with van der Waals surface area (Å²) in [7, 11) is 1.91. The van der Waals surface area contributed by atoms with E-state index in [9.17, 15) is 4.39 Å². The minimum atomic E-state index is -0.170. The quantitative estimate of drug-likeness (QED) is 0.605. The number of aromatic nitrogens is 4. The van der Waals surface area contributed by atoms with Crippen LogP contribution in [0.15, 0.2) is 42.6 Å². The van der Waals surface area contributed by atoms with Crippen LogP contribution in [-0.4, -0.2) is 44.6 Å². The Labute approximate surface area is 182 Å². The van der Waals surface area contributed by atoms with Gasteiger partial charge in [-0.25, -0.2) is 4.39 Å². The van der Waals surface area contributed by atoms with Crippen LogP contribution in [-0.2, 0) is 13.6 Å². The highest BCUT2D eigenvalue weighted by Crippen LogP contribution is 2.42. The van der Waals surface area contributed by atoms with Gasteiger partial charge in [0.05, 0.1) is 18.5 Å². The van der Waals surface area contributed by atoms with Crippen molar-refractivity contribution in [2.24, 2.45) is 24.8 Å². The van der Waals surface area contributed by atoms with Gasteiger partial charge < -0.3 is 4.74 Å². The van der Waals surface area contributed by atoms with Crippen LogP contribution in [0.1, 0.15) is 24.0 Å². The zero-order valence-corrected chi connectivity index (χ0v) is 18.0. The molecule has 2 unspecified atom stereocenters. The molecule has 2 aromatic heterocycles. The molecule has 2 aliphatic rings. The molecule has 6 nitrogen and oxygen atoms in total. The second kappa shape index (κ2) is 8.38. The van der Waals surface area contributed by atoms with Gasteiger partial charge in [0.2, 0.25) is 5.88 Å². The summed E-state index contributed by atoms with van der Waals surface area (Å²) in [6, 6.07) is 10.7. The summed E-state index contributed by atoms with van der Waals surface area (Å²) >= 11 is 0. The molecule has 0 amide bonds. The van der Waals surface area contributed by atoms with E-state index in [0.717, 1.165) is 48.4 Å². The highest BCUT2D eigenvalue weighted by molar-refractivity contribution is 5.58. The zero-order chi connectivity index (χ0) is 21.4. The van der Waals surface area contributed by atoms with Crippen molar-refractivity contribution in [1.29, 1.82) is 0 Å². The Hall–Kier alpha value is -2.80. The SMILES string of the molecule is Cc1cnn(C)c1-c1ccc(OCC2CC3CN(Cc4ccc(F)cc4)C[C@H]3C2)nn1. The lowest BCUT2D eigenvalue weighted by Crippen LogP contribution is -2.23. The molecule has 0 N–H and O–H groups in total. The minimum Gasteiger partial charge on any atom is -0.476 e. The summed E-state index contributed by atoms with van der Waals surface area (Å²) in [4.78, 5) is 2.50. The van der Waals surface area contributed by atoms with Crippen LogP contribution < -0.4 is 4.74 Å². The van der Waals surface area contributed by atoms with Crippen molar-refractivity contribution in [3.05, 3.63) is 59.5 Å². The van der Waals surface area contributed by atoms with Crippen molar-refractivity contribution < 1.29 is 9.13 Å². The lowest BCUT2D eigenvalue weighted by molar-refractivity contribution is 0.219. The van der Waals surface area contributed by atoms with Gasteiger partial charge in [0.15, 0.2) is 0 Å². The molecule has 0 spiro atoms. The van der Waals surface area contributed by atoms with Gasteiger partial charge in [0, 0.05) is 32.7 Å². The molecule has 3 heterocycles. The van der Waals surface area contributed by atoms with E-state index in [1.54, 1.807) is 12.1 Å². The van der Waals surface area contributed by atoms with Crippen LogP contribution >= 0.6 is 0 Å². The van der Waals surface area contributed by atoms with E-state index in [1.807, 2.05) is 49.1 Å². The van der Waals surface area contributed by atoms with E-state index in [4.69, 9.17) is 4.74 Å². The summed E-state index contributed by atoms with van der Waals surface area (Å²) in [6.07, 6.45) is 4.23. The van der Waals surface area contributed by atoms with E-state index < -0.39 is 0 Å². The van der Waals surface area contributed by atoms with Gasteiger partial charge in [-0.15, -0.1) is 10.2 Å².